The fourth-order valence-electron chi connectivity index (χ4n) is 2.85. The molecule has 0 amide bonds. The first-order chi connectivity index (χ1) is 7.45. The molecule has 3 rings (SSSR count). The number of para-hydroxylation sites is 1. The molecule has 1 atom stereocenters. The largest absolute Gasteiger partial charge is 0.345 e. The lowest BCUT2D eigenvalue weighted by Crippen LogP contribution is -2.18. The van der Waals surface area contributed by atoms with Crippen molar-refractivity contribution < 1.29 is 0 Å². The highest BCUT2D eigenvalue weighted by atomic mass is 15.2. The zero-order valence-corrected chi connectivity index (χ0v) is 9.02. The Morgan fingerprint density at radius 1 is 1.07 bits per heavy atom. The number of hydrogen-bond acceptors (Lipinski definition) is 1. The molecule has 1 aliphatic carbocycles. The molecule has 0 radical (unpaired) electrons. The van der Waals surface area contributed by atoms with Crippen LogP contribution in [0, 0.1) is 5.92 Å². The Bertz CT molecular complexity index is 366. The van der Waals surface area contributed by atoms with Crippen LogP contribution in [0.25, 0.3) is 0 Å². The van der Waals surface area contributed by atoms with E-state index >= 15 is 0 Å². The van der Waals surface area contributed by atoms with Crippen LogP contribution in [0.1, 0.15) is 25.7 Å². The summed E-state index contributed by atoms with van der Waals surface area (Å²) in [5.74, 6) is 0.846. The molecule has 1 aliphatic heterocycles. The molecule has 0 spiro atoms. The van der Waals surface area contributed by atoms with E-state index in [-0.39, 0.29) is 0 Å². The van der Waals surface area contributed by atoms with E-state index in [0.717, 1.165) is 5.92 Å². The molecule has 0 bridgehead atoms. The van der Waals surface area contributed by atoms with Crippen LogP contribution in [0.15, 0.2) is 42.1 Å². The van der Waals surface area contributed by atoms with Crippen LogP contribution in [0.5, 0.6) is 0 Å². The Balaban J connectivity index is 1.92. The molecular weight excluding hydrogens is 182 g/mol. The molecule has 78 valence electrons. The second kappa shape index (κ2) is 3.73. The van der Waals surface area contributed by atoms with Gasteiger partial charge >= 0.3 is 0 Å². The van der Waals surface area contributed by atoms with Gasteiger partial charge in [-0.25, -0.2) is 0 Å². The summed E-state index contributed by atoms with van der Waals surface area (Å²) in [4.78, 5) is 2.50. The van der Waals surface area contributed by atoms with Crippen molar-refractivity contribution >= 4 is 5.69 Å². The molecule has 1 nitrogen and oxygen atoms in total. The lowest BCUT2D eigenvalue weighted by molar-refractivity contribution is 0.532. The highest BCUT2D eigenvalue weighted by Gasteiger charge is 2.29. The molecule has 2 aliphatic rings. The highest BCUT2D eigenvalue weighted by Crippen LogP contribution is 2.38. The smallest absolute Gasteiger partial charge is 0.0408 e. The molecule has 1 unspecified atom stereocenters. The second-order valence-electron chi connectivity index (χ2n) is 4.53. The molecular formula is C14H17N. The van der Waals surface area contributed by atoms with Gasteiger partial charge in [0.2, 0.25) is 0 Å². The van der Waals surface area contributed by atoms with Gasteiger partial charge in [-0.2, -0.15) is 0 Å². The summed E-state index contributed by atoms with van der Waals surface area (Å²) in [6.07, 6.45) is 7.86. The van der Waals surface area contributed by atoms with Crippen molar-refractivity contribution in [3.05, 3.63) is 42.1 Å². The van der Waals surface area contributed by atoms with Gasteiger partial charge in [0.25, 0.3) is 0 Å². The van der Waals surface area contributed by atoms with Gasteiger partial charge in [-0.3, -0.25) is 0 Å². The number of allylic oxidation sites excluding steroid dienone is 2. The van der Waals surface area contributed by atoms with Crippen molar-refractivity contribution in [1.29, 1.82) is 0 Å². The molecule has 1 aromatic carbocycles. The summed E-state index contributed by atoms with van der Waals surface area (Å²) in [5.41, 5.74) is 2.96. The van der Waals surface area contributed by atoms with E-state index in [1.54, 1.807) is 5.70 Å². The highest BCUT2D eigenvalue weighted by molar-refractivity contribution is 5.54. The third kappa shape index (κ3) is 1.56. The Kier molecular flexibility index (Phi) is 2.24. The van der Waals surface area contributed by atoms with E-state index in [9.17, 15) is 0 Å². The minimum Gasteiger partial charge on any atom is -0.345 e. The van der Waals surface area contributed by atoms with Crippen LogP contribution in [-0.4, -0.2) is 6.54 Å². The Hall–Kier alpha value is -1.24. The zero-order chi connectivity index (χ0) is 10.1. The van der Waals surface area contributed by atoms with E-state index in [0.29, 0.717) is 0 Å². The fourth-order valence-corrected chi connectivity index (χ4v) is 2.85. The van der Waals surface area contributed by atoms with Crippen LogP contribution < -0.4 is 4.90 Å². The van der Waals surface area contributed by atoms with Crippen LogP contribution >= 0.6 is 0 Å². The van der Waals surface area contributed by atoms with Crippen molar-refractivity contribution in [2.24, 2.45) is 5.92 Å². The normalized spacial score (nSPS) is 24.9. The Morgan fingerprint density at radius 2 is 1.93 bits per heavy atom. The first kappa shape index (κ1) is 9.02. The van der Waals surface area contributed by atoms with Crippen molar-refractivity contribution in [2.75, 3.05) is 11.4 Å². The van der Waals surface area contributed by atoms with Gasteiger partial charge in [-0.15, -0.1) is 0 Å². The second-order valence-corrected chi connectivity index (χ2v) is 4.53. The molecule has 0 N–H and O–H groups in total. The summed E-state index contributed by atoms with van der Waals surface area (Å²) in [6, 6.07) is 10.8. The first-order valence-corrected chi connectivity index (χ1v) is 5.98. The predicted octanol–water partition coefficient (Wildman–Crippen LogP) is 3.58. The van der Waals surface area contributed by atoms with Gasteiger partial charge < -0.3 is 4.90 Å². The van der Waals surface area contributed by atoms with E-state index < -0.39 is 0 Å². The third-order valence-corrected chi connectivity index (χ3v) is 3.61. The number of anilines is 1. The molecule has 1 saturated heterocycles. The van der Waals surface area contributed by atoms with Gasteiger partial charge in [-0.05, 0) is 37.8 Å². The lowest BCUT2D eigenvalue weighted by Gasteiger charge is -2.25. The Morgan fingerprint density at radius 3 is 2.80 bits per heavy atom. The predicted molar refractivity (Wildman–Crippen MR) is 63.8 cm³/mol. The number of nitrogens with zero attached hydrogens (tertiary/aromatic N) is 1. The number of rotatable bonds is 1. The van der Waals surface area contributed by atoms with Gasteiger partial charge in [0, 0.05) is 23.8 Å². The molecule has 1 aromatic rings. The average molecular weight is 199 g/mol. The van der Waals surface area contributed by atoms with E-state index in [1.807, 2.05) is 0 Å². The van der Waals surface area contributed by atoms with Crippen LogP contribution in [0.4, 0.5) is 5.69 Å². The maximum absolute atomic E-state index is 2.50. The minimum absolute atomic E-state index is 0.846. The van der Waals surface area contributed by atoms with Gasteiger partial charge in [0.15, 0.2) is 0 Å². The number of benzene rings is 1. The van der Waals surface area contributed by atoms with Crippen molar-refractivity contribution in [1.82, 2.24) is 0 Å². The minimum atomic E-state index is 0.846. The maximum Gasteiger partial charge on any atom is 0.0408 e. The zero-order valence-electron chi connectivity index (χ0n) is 9.02. The van der Waals surface area contributed by atoms with Crippen molar-refractivity contribution in [3.8, 4) is 0 Å². The Labute approximate surface area is 91.4 Å². The van der Waals surface area contributed by atoms with Crippen molar-refractivity contribution in [2.45, 2.75) is 25.7 Å². The van der Waals surface area contributed by atoms with Crippen molar-refractivity contribution in [3.63, 3.8) is 0 Å². The monoisotopic (exact) mass is 199 g/mol. The summed E-state index contributed by atoms with van der Waals surface area (Å²) in [7, 11) is 0. The van der Waals surface area contributed by atoms with E-state index in [2.05, 4.69) is 41.3 Å². The molecule has 1 fully saturated rings. The topological polar surface area (TPSA) is 3.24 Å². The van der Waals surface area contributed by atoms with Crippen LogP contribution in [-0.2, 0) is 0 Å². The SMILES string of the molecule is C1=C2C(CCC1)CCN2c1ccccc1. The van der Waals surface area contributed by atoms with Crippen LogP contribution in [0.3, 0.4) is 0 Å². The number of fused-ring (bicyclic) bond motifs is 1. The van der Waals surface area contributed by atoms with E-state index in [4.69, 9.17) is 0 Å². The van der Waals surface area contributed by atoms with Crippen LogP contribution in [0.2, 0.25) is 0 Å². The molecule has 1 heteroatoms. The summed E-state index contributed by atoms with van der Waals surface area (Å²) >= 11 is 0. The fraction of sp³-hybridized carbons (Fsp3) is 0.429. The lowest BCUT2D eigenvalue weighted by atomic mass is 9.92. The standard InChI is InChI=1S/C14H17N/c1-2-7-13(8-3-1)15-11-10-12-6-4-5-9-14(12)15/h1-3,7-9,12H,4-6,10-11H2. The summed E-state index contributed by atoms with van der Waals surface area (Å²) < 4.78 is 0. The van der Waals surface area contributed by atoms with Gasteiger partial charge in [0.05, 0.1) is 0 Å². The van der Waals surface area contributed by atoms with E-state index in [1.165, 1.54) is 37.9 Å². The quantitative estimate of drug-likeness (QED) is 0.668. The summed E-state index contributed by atoms with van der Waals surface area (Å²) in [6.45, 7) is 1.21. The summed E-state index contributed by atoms with van der Waals surface area (Å²) in [5, 5.41) is 0. The maximum atomic E-state index is 2.50. The molecule has 15 heavy (non-hydrogen) atoms. The third-order valence-electron chi connectivity index (χ3n) is 3.61. The molecule has 1 heterocycles. The molecule has 0 aromatic heterocycles. The average Bonchev–Trinajstić information content (AvgIpc) is 2.74. The first-order valence-electron chi connectivity index (χ1n) is 5.98. The van der Waals surface area contributed by atoms with Gasteiger partial charge in [0.1, 0.15) is 0 Å². The molecule has 0 saturated carbocycles. The van der Waals surface area contributed by atoms with Gasteiger partial charge in [-0.1, -0.05) is 24.3 Å². The number of hydrogen-bond donors (Lipinski definition) is 0.